The average molecular weight is 356 g/mol. The second-order valence-corrected chi connectivity index (χ2v) is 8.19. The molecule has 0 radical (unpaired) electrons. The number of amides is 1. The molecule has 1 aromatic heterocycles. The van der Waals surface area contributed by atoms with Gasteiger partial charge in [-0.2, -0.15) is 0 Å². The van der Waals surface area contributed by atoms with Crippen LogP contribution in [0.3, 0.4) is 0 Å². The first kappa shape index (κ1) is 16.6. The van der Waals surface area contributed by atoms with Gasteiger partial charge in [-0.1, -0.05) is 12.1 Å². The molecular formula is C20H24N2O2S. The Kier molecular flexibility index (Phi) is 4.52. The number of rotatable bonds is 4. The standard InChI is InChI=1S/C20H24N2O2S/c1-13-10-14-8-9-22(13)12-17(14)21-20(23)19-7-6-18(25-19)15-4-3-5-16(11-15)24-2/h3-7,11,13-14,17H,8-10,12H2,1-2H3,(H,21,23)/t13?,14?,17-/m0/s1. The molecule has 1 N–H and O–H groups in total. The lowest BCUT2D eigenvalue weighted by Crippen LogP contribution is -2.60. The highest BCUT2D eigenvalue weighted by Crippen LogP contribution is 2.33. The zero-order chi connectivity index (χ0) is 17.4. The molecule has 1 aromatic carbocycles. The second-order valence-electron chi connectivity index (χ2n) is 7.10. The molecule has 3 aliphatic heterocycles. The molecule has 4 nitrogen and oxygen atoms in total. The van der Waals surface area contributed by atoms with Crippen molar-refractivity contribution in [2.45, 2.75) is 31.8 Å². The number of methoxy groups -OCH3 is 1. The van der Waals surface area contributed by atoms with E-state index in [0.717, 1.165) is 27.6 Å². The molecule has 5 rings (SSSR count). The van der Waals surface area contributed by atoms with E-state index in [1.807, 2.05) is 36.4 Å². The van der Waals surface area contributed by atoms with Crippen molar-refractivity contribution in [1.82, 2.24) is 10.2 Å². The largest absolute Gasteiger partial charge is 0.497 e. The van der Waals surface area contributed by atoms with Crippen molar-refractivity contribution in [3.05, 3.63) is 41.3 Å². The van der Waals surface area contributed by atoms with Crippen LogP contribution in [-0.4, -0.2) is 43.1 Å². The number of thiophene rings is 1. The topological polar surface area (TPSA) is 41.6 Å². The number of hydrogen-bond donors (Lipinski definition) is 1. The van der Waals surface area contributed by atoms with Gasteiger partial charge in [0.1, 0.15) is 5.75 Å². The predicted molar refractivity (Wildman–Crippen MR) is 101 cm³/mol. The fourth-order valence-electron chi connectivity index (χ4n) is 4.09. The molecule has 1 amide bonds. The molecule has 0 aliphatic carbocycles. The summed E-state index contributed by atoms with van der Waals surface area (Å²) < 4.78 is 5.29. The summed E-state index contributed by atoms with van der Waals surface area (Å²) in [5.74, 6) is 1.52. The number of hydrogen-bond acceptors (Lipinski definition) is 4. The SMILES string of the molecule is COc1cccc(-c2ccc(C(=O)N[C@H]3CN4CCC3CC4C)s2)c1. The van der Waals surface area contributed by atoms with Crippen molar-refractivity contribution in [2.24, 2.45) is 5.92 Å². The Morgan fingerprint density at radius 3 is 2.92 bits per heavy atom. The van der Waals surface area contributed by atoms with Crippen LogP contribution < -0.4 is 10.1 Å². The maximum Gasteiger partial charge on any atom is 0.261 e. The van der Waals surface area contributed by atoms with Gasteiger partial charge in [0, 0.05) is 23.5 Å². The summed E-state index contributed by atoms with van der Waals surface area (Å²) in [6.07, 6.45) is 2.40. The van der Waals surface area contributed by atoms with E-state index in [0.29, 0.717) is 18.0 Å². The third kappa shape index (κ3) is 3.31. The first-order chi connectivity index (χ1) is 12.1. The van der Waals surface area contributed by atoms with Gasteiger partial charge in [0.05, 0.1) is 12.0 Å². The molecule has 4 atom stereocenters. The van der Waals surface area contributed by atoms with E-state index in [1.165, 1.54) is 19.4 Å². The Morgan fingerprint density at radius 1 is 1.32 bits per heavy atom. The van der Waals surface area contributed by atoms with Crippen LogP contribution in [0, 0.1) is 5.92 Å². The number of carbonyl (C=O) groups excluding carboxylic acids is 1. The van der Waals surface area contributed by atoms with Gasteiger partial charge < -0.3 is 10.1 Å². The highest BCUT2D eigenvalue weighted by molar-refractivity contribution is 7.17. The summed E-state index contributed by atoms with van der Waals surface area (Å²) in [6, 6.07) is 12.9. The Labute approximate surface area is 152 Å². The highest BCUT2D eigenvalue weighted by Gasteiger charge is 2.38. The minimum Gasteiger partial charge on any atom is -0.497 e. The molecular weight excluding hydrogens is 332 g/mol. The Morgan fingerprint density at radius 2 is 2.20 bits per heavy atom. The molecule has 3 fully saturated rings. The number of fused-ring (bicyclic) bond motifs is 3. The third-order valence-corrected chi connectivity index (χ3v) is 6.69. The van der Waals surface area contributed by atoms with Gasteiger partial charge in [0.25, 0.3) is 5.91 Å². The number of benzene rings is 1. The molecule has 4 heterocycles. The summed E-state index contributed by atoms with van der Waals surface area (Å²) in [6.45, 7) is 4.47. The number of piperidine rings is 3. The van der Waals surface area contributed by atoms with Crippen LogP contribution in [0.25, 0.3) is 10.4 Å². The summed E-state index contributed by atoms with van der Waals surface area (Å²) in [4.78, 5) is 17.1. The molecule has 3 unspecified atom stereocenters. The van der Waals surface area contributed by atoms with Crippen LogP contribution in [0.4, 0.5) is 0 Å². The number of nitrogens with zero attached hydrogens (tertiary/aromatic N) is 1. The van der Waals surface area contributed by atoms with Crippen LogP contribution in [-0.2, 0) is 0 Å². The van der Waals surface area contributed by atoms with E-state index in [1.54, 1.807) is 18.4 Å². The Balaban J connectivity index is 1.46. The Bertz CT molecular complexity index is 773. The van der Waals surface area contributed by atoms with Gasteiger partial charge >= 0.3 is 0 Å². The van der Waals surface area contributed by atoms with Crippen LogP contribution in [0.1, 0.15) is 29.4 Å². The predicted octanol–water partition coefficient (Wildman–Crippen LogP) is 3.64. The summed E-state index contributed by atoms with van der Waals surface area (Å²) in [5, 5.41) is 3.28. The molecule has 2 aromatic rings. The van der Waals surface area contributed by atoms with Crippen molar-refractivity contribution in [3.8, 4) is 16.2 Å². The minimum absolute atomic E-state index is 0.0607. The maximum atomic E-state index is 12.7. The van der Waals surface area contributed by atoms with Gasteiger partial charge in [0.2, 0.25) is 0 Å². The lowest BCUT2D eigenvalue weighted by Gasteiger charge is -2.48. The van der Waals surface area contributed by atoms with Crippen LogP contribution in [0.5, 0.6) is 5.75 Å². The normalized spacial score (nSPS) is 27.9. The molecule has 0 spiro atoms. The second kappa shape index (κ2) is 6.81. The van der Waals surface area contributed by atoms with Crippen molar-refractivity contribution in [3.63, 3.8) is 0 Å². The number of nitrogens with one attached hydrogen (secondary N) is 1. The number of ether oxygens (including phenoxy) is 1. The van der Waals surface area contributed by atoms with Gasteiger partial charge in [-0.3, -0.25) is 9.69 Å². The van der Waals surface area contributed by atoms with Gasteiger partial charge in [-0.05, 0) is 62.1 Å². The molecule has 2 bridgehead atoms. The van der Waals surface area contributed by atoms with Crippen LogP contribution >= 0.6 is 11.3 Å². The molecule has 0 saturated carbocycles. The third-order valence-electron chi connectivity index (χ3n) is 5.56. The monoisotopic (exact) mass is 356 g/mol. The molecule has 5 heteroatoms. The van der Waals surface area contributed by atoms with Crippen molar-refractivity contribution in [1.29, 1.82) is 0 Å². The molecule has 132 valence electrons. The van der Waals surface area contributed by atoms with E-state index < -0.39 is 0 Å². The summed E-state index contributed by atoms with van der Waals surface area (Å²) >= 11 is 1.54. The molecule has 3 saturated heterocycles. The maximum absolute atomic E-state index is 12.7. The average Bonchev–Trinajstić information content (AvgIpc) is 3.13. The van der Waals surface area contributed by atoms with Crippen molar-refractivity contribution >= 4 is 17.2 Å². The van der Waals surface area contributed by atoms with E-state index >= 15 is 0 Å². The van der Waals surface area contributed by atoms with Crippen LogP contribution in [0.2, 0.25) is 0 Å². The fourth-order valence-corrected chi connectivity index (χ4v) is 5.00. The molecule has 3 aliphatic rings. The highest BCUT2D eigenvalue weighted by atomic mass is 32.1. The van der Waals surface area contributed by atoms with Crippen molar-refractivity contribution in [2.75, 3.05) is 20.2 Å². The lowest BCUT2D eigenvalue weighted by atomic mass is 9.80. The van der Waals surface area contributed by atoms with Gasteiger partial charge in [0.15, 0.2) is 0 Å². The van der Waals surface area contributed by atoms with Crippen LogP contribution in [0.15, 0.2) is 36.4 Å². The van der Waals surface area contributed by atoms with Crippen molar-refractivity contribution < 1.29 is 9.53 Å². The van der Waals surface area contributed by atoms with Gasteiger partial charge in [-0.25, -0.2) is 0 Å². The quantitative estimate of drug-likeness (QED) is 0.909. The first-order valence-corrected chi connectivity index (χ1v) is 9.75. The zero-order valence-electron chi connectivity index (χ0n) is 14.7. The lowest BCUT2D eigenvalue weighted by molar-refractivity contribution is 0.0275. The smallest absolute Gasteiger partial charge is 0.261 e. The summed E-state index contributed by atoms with van der Waals surface area (Å²) in [7, 11) is 1.67. The minimum atomic E-state index is 0.0607. The zero-order valence-corrected chi connectivity index (χ0v) is 15.5. The van der Waals surface area contributed by atoms with Gasteiger partial charge in [-0.15, -0.1) is 11.3 Å². The van der Waals surface area contributed by atoms with E-state index in [9.17, 15) is 4.79 Å². The van der Waals surface area contributed by atoms with E-state index in [4.69, 9.17) is 4.74 Å². The fraction of sp³-hybridized carbons (Fsp3) is 0.450. The Hall–Kier alpha value is -1.85. The van der Waals surface area contributed by atoms with E-state index in [2.05, 4.69) is 17.1 Å². The summed E-state index contributed by atoms with van der Waals surface area (Å²) in [5.41, 5.74) is 1.08. The number of carbonyl (C=O) groups is 1. The first-order valence-electron chi connectivity index (χ1n) is 8.93. The van der Waals surface area contributed by atoms with E-state index in [-0.39, 0.29) is 5.91 Å². The molecule has 25 heavy (non-hydrogen) atoms.